The van der Waals surface area contributed by atoms with Crippen molar-refractivity contribution in [3.63, 3.8) is 0 Å². The molecule has 0 fully saturated rings. The summed E-state index contributed by atoms with van der Waals surface area (Å²) in [5, 5.41) is 6.12. The van der Waals surface area contributed by atoms with Crippen LogP contribution in [0, 0.1) is 5.41 Å². The zero-order valence-electron chi connectivity index (χ0n) is 15.1. The topological polar surface area (TPSA) is 67.4 Å². The van der Waals surface area contributed by atoms with Crippen molar-refractivity contribution < 1.29 is 14.3 Å². The van der Waals surface area contributed by atoms with E-state index in [-0.39, 0.29) is 12.5 Å². The molecule has 0 atom stereocenters. The molecule has 6 heteroatoms. The van der Waals surface area contributed by atoms with Crippen molar-refractivity contribution in [1.82, 2.24) is 5.32 Å². The fourth-order valence-electron chi connectivity index (χ4n) is 2.27. The highest BCUT2D eigenvalue weighted by atomic mass is 35.5. The number of para-hydroxylation sites is 2. The van der Waals surface area contributed by atoms with Crippen LogP contribution in [0.4, 0.5) is 5.69 Å². The van der Waals surface area contributed by atoms with E-state index in [0.717, 1.165) is 5.56 Å². The minimum atomic E-state index is -1.26. The quantitative estimate of drug-likeness (QED) is 0.719. The molecule has 26 heavy (non-hydrogen) atoms. The van der Waals surface area contributed by atoms with Gasteiger partial charge in [0.1, 0.15) is 11.2 Å². The van der Waals surface area contributed by atoms with Crippen molar-refractivity contribution in [2.75, 3.05) is 11.9 Å². The van der Waals surface area contributed by atoms with Gasteiger partial charge in [-0.1, -0.05) is 41.9 Å². The maximum atomic E-state index is 12.7. The van der Waals surface area contributed by atoms with Gasteiger partial charge in [-0.3, -0.25) is 9.59 Å². The van der Waals surface area contributed by atoms with Crippen molar-refractivity contribution in [3.8, 4) is 5.75 Å². The third kappa shape index (κ3) is 4.76. The van der Waals surface area contributed by atoms with Crippen LogP contribution in [0.2, 0.25) is 5.02 Å². The molecule has 0 aliphatic heterocycles. The van der Waals surface area contributed by atoms with Gasteiger partial charge in [-0.2, -0.15) is 0 Å². The van der Waals surface area contributed by atoms with Crippen LogP contribution >= 0.6 is 11.6 Å². The van der Waals surface area contributed by atoms with E-state index < -0.39 is 11.3 Å². The van der Waals surface area contributed by atoms with Crippen LogP contribution in [0.3, 0.4) is 0 Å². The number of anilines is 1. The first-order valence-corrected chi connectivity index (χ1v) is 8.79. The molecule has 2 aromatic rings. The van der Waals surface area contributed by atoms with Crippen LogP contribution in [0.1, 0.15) is 26.3 Å². The fraction of sp³-hybridized carbons (Fsp3) is 0.300. The predicted octanol–water partition coefficient (Wildman–Crippen LogP) is 4.02. The largest absolute Gasteiger partial charge is 0.492 e. The Balaban J connectivity index is 2.05. The number of hydrogen-bond acceptors (Lipinski definition) is 3. The number of ether oxygens (including phenoxy) is 1. The van der Waals surface area contributed by atoms with E-state index in [9.17, 15) is 9.59 Å². The van der Waals surface area contributed by atoms with Crippen molar-refractivity contribution in [3.05, 3.63) is 59.1 Å². The first-order chi connectivity index (χ1) is 12.4. The van der Waals surface area contributed by atoms with E-state index in [2.05, 4.69) is 10.6 Å². The van der Waals surface area contributed by atoms with Gasteiger partial charge in [-0.05, 0) is 44.5 Å². The highest BCUT2D eigenvalue weighted by Gasteiger charge is 2.36. The number of nitrogens with one attached hydrogen (secondary N) is 2. The maximum Gasteiger partial charge on any atom is 0.239 e. The average Bonchev–Trinajstić information content (AvgIpc) is 2.62. The third-order valence-electron chi connectivity index (χ3n) is 3.97. The van der Waals surface area contributed by atoms with E-state index >= 15 is 0 Å². The lowest BCUT2D eigenvalue weighted by Crippen LogP contribution is -2.44. The van der Waals surface area contributed by atoms with Gasteiger partial charge in [0, 0.05) is 11.6 Å². The van der Waals surface area contributed by atoms with Gasteiger partial charge in [0.25, 0.3) is 0 Å². The summed E-state index contributed by atoms with van der Waals surface area (Å²) in [7, 11) is 0. The van der Waals surface area contributed by atoms with Gasteiger partial charge in [-0.25, -0.2) is 0 Å². The molecule has 0 saturated carbocycles. The molecule has 0 spiro atoms. The zero-order valence-corrected chi connectivity index (χ0v) is 15.9. The molecule has 0 radical (unpaired) electrons. The Morgan fingerprint density at radius 2 is 1.69 bits per heavy atom. The average molecular weight is 375 g/mol. The molecule has 0 bridgehead atoms. The second kappa shape index (κ2) is 8.72. The maximum absolute atomic E-state index is 12.7. The molecule has 0 aliphatic rings. The van der Waals surface area contributed by atoms with Crippen LogP contribution in [0.25, 0.3) is 0 Å². The van der Waals surface area contributed by atoms with E-state index in [1.807, 2.05) is 31.2 Å². The molecule has 138 valence electrons. The monoisotopic (exact) mass is 374 g/mol. The predicted molar refractivity (Wildman–Crippen MR) is 103 cm³/mol. The fourth-order valence-corrected chi connectivity index (χ4v) is 2.47. The van der Waals surface area contributed by atoms with Gasteiger partial charge in [0.15, 0.2) is 0 Å². The lowest BCUT2D eigenvalue weighted by molar-refractivity contribution is -0.138. The van der Waals surface area contributed by atoms with E-state index in [0.29, 0.717) is 23.1 Å². The van der Waals surface area contributed by atoms with Crippen molar-refractivity contribution >= 4 is 29.1 Å². The minimum Gasteiger partial charge on any atom is -0.492 e. The lowest BCUT2D eigenvalue weighted by Gasteiger charge is -2.23. The van der Waals surface area contributed by atoms with Crippen LogP contribution in [-0.2, 0) is 16.1 Å². The summed E-state index contributed by atoms with van der Waals surface area (Å²) in [5.41, 5.74) is 0.0624. The number of benzene rings is 2. The summed E-state index contributed by atoms with van der Waals surface area (Å²) in [6.07, 6.45) is 0. The van der Waals surface area contributed by atoms with E-state index in [1.165, 1.54) is 0 Å². The Morgan fingerprint density at radius 1 is 1.04 bits per heavy atom. The Bertz CT molecular complexity index is 790. The molecule has 2 rings (SSSR count). The molecule has 0 heterocycles. The Hall–Kier alpha value is -2.53. The number of carbonyl (C=O) groups excluding carboxylic acids is 2. The van der Waals surface area contributed by atoms with Gasteiger partial charge in [0.05, 0.1) is 12.3 Å². The Labute approximate surface area is 158 Å². The van der Waals surface area contributed by atoms with Gasteiger partial charge in [0.2, 0.25) is 11.8 Å². The number of carbonyl (C=O) groups is 2. The summed E-state index contributed by atoms with van der Waals surface area (Å²) >= 11 is 6.09. The van der Waals surface area contributed by atoms with Crippen molar-refractivity contribution in [2.45, 2.75) is 27.3 Å². The van der Waals surface area contributed by atoms with Gasteiger partial charge in [-0.15, -0.1) is 0 Å². The van der Waals surface area contributed by atoms with Crippen LogP contribution in [0.15, 0.2) is 48.5 Å². The normalized spacial score (nSPS) is 10.9. The second-order valence-electron chi connectivity index (χ2n) is 6.28. The molecular formula is C20H23ClN2O3. The van der Waals surface area contributed by atoms with E-state index in [4.69, 9.17) is 16.3 Å². The molecule has 0 saturated heterocycles. The molecule has 0 unspecified atom stereocenters. The first kappa shape index (κ1) is 19.8. The summed E-state index contributed by atoms with van der Waals surface area (Å²) in [6, 6.07) is 14.4. The summed E-state index contributed by atoms with van der Waals surface area (Å²) in [5.74, 6) is -0.235. The standard InChI is InChI=1S/C20H23ClN2O3/c1-4-26-17-12-8-7-11-16(17)23-19(25)20(2,3)18(24)22-13-14-9-5-6-10-15(14)21/h5-12H,4,13H2,1-3H3,(H,22,24)(H,23,25). The SMILES string of the molecule is CCOc1ccccc1NC(=O)C(C)(C)C(=O)NCc1ccccc1Cl. The molecule has 2 N–H and O–H groups in total. The van der Waals surface area contributed by atoms with Crippen molar-refractivity contribution in [1.29, 1.82) is 0 Å². The highest BCUT2D eigenvalue weighted by Crippen LogP contribution is 2.27. The number of rotatable bonds is 7. The number of amides is 2. The molecule has 2 aromatic carbocycles. The minimum absolute atomic E-state index is 0.255. The zero-order chi connectivity index (χ0) is 19.2. The number of halogens is 1. The smallest absolute Gasteiger partial charge is 0.239 e. The first-order valence-electron chi connectivity index (χ1n) is 8.41. The molecule has 0 aliphatic carbocycles. The second-order valence-corrected chi connectivity index (χ2v) is 6.69. The molecule has 0 aromatic heterocycles. The van der Waals surface area contributed by atoms with Gasteiger partial charge < -0.3 is 15.4 Å². The number of hydrogen-bond donors (Lipinski definition) is 2. The lowest BCUT2D eigenvalue weighted by atomic mass is 9.90. The van der Waals surface area contributed by atoms with Crippen LogP contribution in [-0.4, -0.2) is 18.4 Å². The summed E-state index contributed by atoms with van der Waals surface area (Å²) in [6.45, 7) is 5.76. The third-order valence-corrected chi connectivity index (χ3v) is 4.34. The molecular weight excluding hydrogens is 352 g/mol. The Kier molecular flexibility index (Phi) is 6.64. The van der Waals surface area contributed by atoms with Gasteiger partial charge >= 0.3 is 0 Å². The molecule has 2 amide bonds. The van der Waals surface area contributed by atoms with E-state index in [1.54, 1.807) is 38.1 Å². The Morgan fingerprint density at radius 3 is 2.38 bits per heavy atom. The molecule has 5 nitrogen and oxygen atoms in total. The summed E-state index contributed by atoms with van der Waals surface area (Å²) in [4.78, 5) is 25.2. The van der Waals surface area contributed by atoms with Crippen molar-refractivity contribution in [2.24, 2.45) is 5.41 Å². The summed E-state index contributed by atoms with van der Waals surface area (Å²) < 4.78 is 5.50. The van der Waals surface area contributed by atoms with Crippen LogP contribution < -0.4 is 15.4 Å². The highest BCUT2D eigenvalue weighted by molar-refractivity contribution is 6.31. The van der Waals surface area contributed by atoms with Crippen LogP contribution in [0.5, 0.6) is 5.75 Å².